The van der Waals surface area contributed by atoms with Crippen molar-refractivity contribution in [3.63, 3.8) is 0 Å². The highest BCUT2D eigenvalue weighted by Gasteiger charge is 2.34. The van der Waals surface area contributed by atoms with Crippen LogP contribution in [0.4, 0.5) is 4.79 Å². The number of carbonyl (C=O) groups is 2. The molecule has 2 aliphatic heterocycles. The minimum atomic E-state index is -0.688. The third-order valence-electron chi connectivity index (χ3n) is 5.02. The maximum absolute atomic E-state index is 12.2. The number of ether oxygens (including phenoxy) is 1. The van der Waals surface area contributed by atoms with E-state index >= 15 is 0 Å². The summed E-state index contributed by atoms with van der Waals surface area (Å²) in [5.74, 6) is -0.901. The number of hydrogen-bond acceptors (Lipinski definition) is 4. The predicted molar refractivity (Wildman–Crippen MR) is 88.5 cm³/mol. The fourth-order valence-corrected chi connectivity index (χ4v) is 3.53. The van der Waals surface area contributed by atoms with E-state index in [1.54, 1.807) is 4.90 Å². The van der Waals surface area contributed by atoms with Crippen LogP contribution in [0.2, 0.25) is 0 Å². The third kappa shape index (κ3) is 4.06. The van der Waals surface area contributed by atoms with Crippen molar-refractivity contribution in [2.24, 2.45) is 5.92 Å². The molecule has 2 aliphatic rings. The Balaban J connectivity index is 1.43. The van der Waals surface area contributed by atoms with Crippen LogP contribution in [0.15, 0.2) is 30.3 Å². The molecule has 2 saturated heterocycles. The van der Waals surface area contributed by atoms with E-state index in [2.05, 4.69) is 4.90 Å². The van der Waals surface area contributed by atoms with Crippen LogP contribution < -0.4 is 0 Å². The van der Waals surface area contributed by atoms with Crippen LogP contribution in [0.3, 0.4) is 0 Å². The lowest BCUT2D eigenvalue weighted by molar-refractivity contribution is -0.143. The summed E-state index contributed by atoms with van der Waals surface area (Å²) >= 11 is 0. The summed E-state index contributed by atoms with van der Waals surface area (Å²) in [6.07, 6.45) is 2.06. The molecule has 0 spiro atoms. The van der Waals surface area contributed by atoms with E-state index in [0.29, 0.717) is 38.6 Å². The zero-order chi connectivity index (χ0) is 16.9. The highest BCUT2D eigenvalue weighted by Crippen LogP contribution is 2.24. The molecule has 6 nitrogen and oxygen atoms in total. The topological polar surface area (TPSA) is 70.1 Å². The van der Waals surface area contributed by atoms with E-state index in [-0.39, 0.29) is 12.0 Å². The first-order valence-corrected chi connectivity index (χ1v) is 8.56. The number of carboxylic acids is 1. The summed E-state index contributed by atoms with van der Waals surface area (Å²) in [5, 5.41) is 9.07. The minimum absolute atomic E-state index is 0.213. The average Bonchev–Trinajstić information content (AvgIpc) is 3.11. The molecule has 0 radical (unpaired) electrons. The van der Waals surface area contributed by atoms with Crippen LogP contribution in [-0.2, 0) is 16.1 Å². The number of rotatable bonds is 4. The van der Waals surface area contributed by atoms with Gasteiger partial charge in [0.15, 0.2) is 0 Å². The van der Waals surface area contributed by atoms with Gasteiger partial charge in [0.1, 0.15) is 6.61 Å². The molecule has 1 aromatic rings. The molecule has 1 atom stereocenters. The van der Waals surface area contributed by atoms with Gasteiger partial charge in [-0.3, -0.25) is 9.69 Å². The van der Waals surface area contributed by atoms with Gasteiger partial charge in [-0.25, -0.2) is 4.79 Å². The Bertz CT molecular complexity index is 570. The molecule has 1 aromatic carbocycles. The Kier molecular flexibility index (Phi) is 5.35. The molecule has 0 saturated carbocycles. The van der Waals surface area contributed by atoms with Crippen molar-refractivity contribution in [3.8, 4) is 0 Å². The second kappa shape index (κ2) is 7.66. The number of hydrogen-bond donors (Lipinski definition) is 1. The zero-order valence-electron chi connectivity index (χ0n) is 13.8. The maximum atomic E-state index is 12.2. The van der Waals surface area contributed by atoms with Gasteiger partial charge in [-0.1, -0.05) is 30.3 Å². The summed E-state index contributed by atoms with van der Waals surface area (Å²) in [6.45, 7) is 3.27. The SMILES string of the molecule is O=C(O)C1CCN(C2CCN(C(=O)OCc3ccccc3)C2)CC1. The average molecular weight is 332 g/mol. The van der Waals surface area contributed by atoms with Crippen LogP contribution in [-0.4, -0.2) is 59.2 Å². The monoisotopic (exact) mass is 332 g/mol. The first-order valence-electron chi connectivity index (χ1n) is 8.56. The van der Waals surface area contributed by atoms with Crippen LogP contribution in [0.25, 0.3) is 0 Å². The lowest BCUT2D eigenvalue weighted by Gasteiger charge is -2.34. The molecule has 0 bridgehead atoms. The minimum Gasteiger partial charge on any atom is -0.481 e. The predicted octanol–water partition coefficient (Wildman–Crippen LogP) is 2.19. The number of benzene rings is 1. The fraction of sp³-hybridized carbons (Fsp3) is 0.556. The maximum Gasteiger partial charge on any atom is 0.410 e. The van der Waals surface area contributed by atoms with Gasteiger partial charge < -0.3 is 14.7 Å². The second-order valence-electron chi connectivity index (χ2n) is 6.58. The summed E-state index contributed by atoms with van der Waals surface area (Å²) in [4.78, 5) is 27.3. The molecular formula is C18H24N2O4. The lowest BCUT2D eigenvalue weighted by atomic mass is 9.96. The van der Waals surface area contributed by atoms with Crippen LogP contribution in [0.5, 0.6) is 0 Å². The number of piperidine rings is 1. The fourth-order valence-electron chi connectivity index (χ4n) is 3.53. The molecule has 1 unspecified atom stereocenters. The molecule has 1 N–H and O–H groups in total. The summed E-state index contributed by atoms with van der Waals surface area (Å²) in [5.41, 5.74) is 0.984. The van der Waals surface area contributed by atoms with E-state index in [9.17, 15) is 9.59 Å². The number of aliphatic carboxylic acids is 1. The van der Waals surface area contributed by atoms with Gasteiger partial charge in [-0.15, -0.1) is 0 Å². The number of amides is 1. The summed E-state index contributed by atoms with van der Waals surface area (Å²) in [6, 6.07) is 9.98. The molecular weight excluding hydrogens is 308 g/mol. The molecule has 0 aromatic heterocycles. The van der Waals surface area contributed by atoms with Crippen molar-refractivity contribution in [2.45, 2.75) is 31.9 Å². The summed E-state index contributed by atoms with van der Waals surface area (Å²) < 4.78 is 5.39. The number of likely N-dealkylation sites (tertiary alicyclic amines) is 2. The van der Waals surface area contributed by atoms with E-state index < -0.39 is 5.97 Å². The van der Waals surface area contributed by atoms with E-state index in [1.807, 2.05) is 30.3 Å². The van der Waals surface area contributed by atoms with Crippen molar-refractivity contribution in [2.75, 3.05) is 26.2 Å². The molecule has 1 amide bonds. The Morgan fingerprint density at radius 1 is 1.08 bits per heavy atom. The number of carbonyl (C=O) groups excluding carboxylic acids is 1. The lowest BCUT2D eigenvalue weighted by Crippen LogP contribution is -2.44. The van der Waals surface area contributed by atoms with Crippen LogP contribution in [0, 0.1) is 5.92 Å². The summed E-state index contributed by atoms with van der Waals surface area (Å²) in [7, 11) is 0. The second-order valence-corrected chi connectivity index (χ2v) is 6.58. The zero-order valence-corrected chi connectivity index (χ0v) is 13.8. The van der Waals surface area contributed by atoms with Crippen molar-refractivity contribution in [3.05, 3.63) is 35.9 Å². The smallest absolute Gasteiger partial charge is 0.410 e. The third-order valence-corrected chi connectivity index (χ3v) is 5.02. The number of carboxylic acid groups (broad SMARTS) is 1. The highest BCUT2D eigenvalue weighted by molar-refractivity contribution is 5.70. The van der Waals surface area contributed by atoms with Gasteiger partial charge in [-0.05, 0) is 37.9 Å². The highest BCUT2D eigenvalue weighted by atomic mass is 16.6. The van der Waals surface area contributed by atoms with Crippen molar-refractivity contribution in [1.82, 2.24) is 9.80 Å². The molecule has 2 heterocycles. The van der Waals surface area contributed by atoms with Crippen LogP contribution in [0.1, 0.15) is 24.8 Å². The Morgan fingerprint density at radius 2 is 1.79 bits per heavy atom. The van der Waals surface area contributed by atoms with E-state index in [4.69, 9.17) is 9.84 Å². The van der Waals surface area contributed by atoms with Gasteiger partial charge >= 0.3 is 12.1 Å². The first kappa shape index (κ1) is 16.8. The van der Waals surface area contributed by atoms with Crippen molar-refractivity contribution < 1.29 is 19.4 Å². The Morgan fingerprint density at radius 3 is 2.46 bits per heavy atom. The molecule has 24 heavy (non-hydrogen) atoms. The van der Waals surface area contributed by atoms with E-state index in [0.717, 1.165) is 25.1 Å². The largest absolute Gasteiger partial charge is 0.481 e. The number of nitrogens with zero attached hydrogens (tertiary/aromatic N) is 2. The van der Waals surface area contributed by atoms with Crippen molar-refractivity contribution in [1.29, 1.82) is 0 Å². The molecule has 0 aliphatic carbocycles. The normalized spacial score (nSPS) is 22.5. The standard InChI is InChI=1S/C18H24N2O4/c21-17(22)15-6-9-19(10-7-15)16-8-11-20(12-16)18(23)24-13-14-4-2-1-3-5-14/h1-5,15-16H,6-13H2,(H,21,22). The van der Waals surface area contributed by atoms with Gasteiger partial charge in [-0.2, -0.15) is 0 Å². The van der Waals surface area contributed by atoms with Gasteiger partial charge in [0.05, 0.1) is 5.92 Å². The van der Waals surface area contributed by atoms with Crippen molar-refractivity contribution >= 4 is 12.1 Å². The Labute approximate surface area is 142 Å². The molecule has 6 heteroatoms. The quantitative estimate of drug-likeness (QED) is 0.915. The Hall–Kier alpha value is -2.08. The molecule has 2 fully saturated rings. The van der Waals surface area contributed by atoms with Gasteiger partial charge in [0.2, 0.25) is 0 Å². The first-order chi connectivity index (χ1) is 11.6. The molecule has 130 valence electrons. The van der Waals surface area contributed by atoms with E-state index in [1.165, 1.54) is 0 Å². The van der Waals surface area contributed by atoms with Gasteiger partial charge in [0.25, 0.3) is 0 Å². The molecule has 3 rings (SSSR count). The van der Waals surface area contributed by atoms with Gasteiger partial charge in [0, 0.05) is 19.1 Å². The van der Waals surface area contributed by atoms with Crippen LogP contribution >= 0.6 is 0 Å².